The second kappa shape index (κ2) is 4.96. The summed E-state index contributed by atoms with van der Waals surface area (Å²) >= 11 is 6.07. The largest absolute Gasteiger partial charge is 0.268 e. The van der Waals surface area contributed by atoms with Gasteiger partial charge in [0.05, 0.1) is 21.8 Å². The molecule has 4 heteroatoms. The minimum Gasteiger partial charge on any atom is -0.268 e. The van der Waals surface area contributed by atoms with Crippen LogP contribution in [0.15, 0.2) is 42.5 Å². The first-order valence-corrected chi connectivity index (χ1v) is 7.46. The lowest BCUT2D eigenvalue weighted by Gasteiger charge is -2.20. The van der Waals surface area contributed by atoms with Gasteiger partial charge in [-0.15, -0.1) is 0 Å². The van der Waals surface area contributed by atoms with E-state index >= 15 is 0 Å². The van der Waals surface area contributed by atoms with Crippen molar-refractivity contribution in [3.8, 4) is 0 Å². The van der Waals surface area contributed by atoms with E-state index in [0.29, 0.717) is 16.3 Å². The number of hydrogen-bond acceptors (Lipinski definition) is 2. The van der Waals surface area contributed by atoms with Gasteiger partial charge in [-0.05, 0) is 35.2 Å². The van der Waals surface area contributed by atoms with Crippen molar-refractivity contribution in [2.24, 2.45) is 0 Å². The minimum absolute atomic E-state index is 0.0177. The second-order valence-electron chi connectivity index (χ2n) is 6.40. The van der Waals surface area contributed by atoms with Gasteiger partial charge in [0.15, 0.2) is 0 Å². The zero-order valence-corrected chi connectivity index (χ0v) is 13.4. The highest BCUT2D eigenvalue weighted by molar-refractivity contribution is 6.42. The van der Waals surface area contributed by atoms with Crippen LogP contribution in [-0.2, 0) is 5.41 Å². The van der Waals surface area contributed by atoms with E-state index in [2.05, 4.69) is 20.8 Å². The zero-order chi connectivity index (χ0) is 16.1. The normalized spacial score (nSPS) is 14.5. The lowest BCUT2D eigenvalue weighted by atomic mass is 9.87. The maximum Gasteiger partial charge on any atom is 0.267 e. The van der Waals surface area contributed by atoms with Crippen LogP contribution in [0.25, 0.3) is 0 Å². The van der Waals surface area contributed by atoms with E-state index in [1.165, 1.54) is 4.90 Å². The number of halogens is 1. The van der Waals surface area contributed by atoms with Crippen LogP contribution in [0.4, 0.5) is 5.69 Å². The topological polar surface area (TPSA) is 37.4 Å². The lowest BCUT2D eigenvalue weighted by Crippen LogP contribution is -2.29. The fraction of sp³-hybridized carbons (Fsp3) is 0.222. The zero-order valence-electron chi connectivity index (χ0n) is 12.7. The maximum absolute atomic E-state index is 12.5. The van der Waals surface area contributed by atoms with E-state index < -0.39 is 0 Å². The Morgan fingerprint density at radius 3 is 2.09 bits per heavy atom. The number of anilines is 1. The van der Waals surface area contributed by atoms with Gasteiger partial charge in [0.25, 0.3) is 11.8 Å². The van der Waals surface area contributed by atoms with E-state index in [-0.39, 0.29) is 22.8 Å². The molecule has 0 aromatic heterocycles. The van der Waals surface area contributed by atoms with Gasteiger partial charge in [-0.25, -0.2) is 4.90 Å². The number of carbonyl (C=O) groups excluding carboxylic acids is 2. The molecule has 2 amide bonds. The van der Waals surface area contributed by atoms with Crippen LogP contribution in [0.3, 0.4) is 0 Å². The van der Waals surface area contributed by atoms with Gasteiger partial charge in [0.1, 0.15) is 0 Å². The van der Waals surface area contributed by atoms with Crippen molar-refractivity contribution in [1.29, 1.82) is 0 Å². The van der Waals surface area contributed by atoms with Crippen LogP contribution in [0, 0.1) is 0 Å². The van der Waals surface area contributed by atoms with Gasteiger partial charge in [-0.2, -0.15) is 0 Å². The van der Waals surface area contributed by atoms with Gasteiger partial charge >= 0.3 is 0 Å². The Morgan fingerprint density at radius 1 is 0.909 bits per heavy atom. The Labute approximate surface area is 134 Å². The Balaban J connectivity index is 2.03. The third kappa shape index (κ3) is 2.22. The summed E-state index contributed by atoms with van der Waals surface area (Å²) in [4.78, 5) is 26.2. The van der Waals surface area contributed by atoms with Crippen LogP contribution < -0.4 is 4.90 Å². The molecule has 2 aromatic carbocycles. The maximum atomic E-state index is 12.5. The summed E-state index contributed by atoms with van der Waals surface area (Å²) in [5, 5.41) is 0.310. The van der Waals surface area contributed by atoms with Crippen molar-refractivity contribution in [2.45, 2.75) is 26.2 Å². The second-order valence-corrected chi connectivity index (χ2v) is 6.81. The molecule has 0 aliphatic carbocycles. The molecule has 0 unspecified atom stereocenters. The van der Waals surface area contributed by atoms with Crippen LogP contribution in [-0.4, -0.2) is 11.8 Å². The molecule has 22 heavy (non-hydrogen) atoms. The number of nitrogens with zero attached hydrogens (tertiary/aromatic N) is 1. The van der Waals surface area contributed by atoms with Gasteiger partial charge in [0, 0.05) is 0 Å². The van der Waals surface area contributed by atoms with Crippen molar-refractivity contribution in [3.05, 3.63) is 64.2 Å². The molecule has 1 aliphatic rings. The van der Waals surface area contributed by atoms with Gasteiger partial charge in [-0.3, -0.25) is 9.59 Å². The number of benzene rings is 2. The highest BCUT2D eigenvalue weighted by Crippen LogP contribution is 2.33. The van der Waals surface area contributed by atoms with E-state index in [1.54, 1.807) is 30.3 Å². The van der Waals surface area contributed by atoms with Gasteiger partial charge in [0.2, 0.25) is 0 Å². The average molecular weight is 314 g/mol. The van der Waals surface area contributed by atoms with E-state index in [9.17, 15) is 9.59 Å². The highest BCUT2D eigenvalue weighted by atomic mass is 35.5. The SMILES string of the molecule is CC(C)(C)c1ccc(N2C(=O)c3cccc(Cl)c3C2=O)cc1. The van der Waals surface area contributed by atoms with Crippen molar-refractivity contribution in [1.82, 2.24) is 0 Å². The fourth-order valence-electron chi connectivity index (χ4n) is 2.59. The molecular formula is C18H16ClNO2. The summed E-state index contributed by atoms with van der Waals surface area (Å²) < 4.78 is 0. The number of fused-ring (bicyclic) bond motifs is 1. The van der Waals surface area contributed by atoms with Crippen molar-refractivity contribution < 1.29 is 9.59 Å². The van der Waals surface area contributed by atoms with Crippen molar-refractivity contribution >= 4 is 29.1 Å². The predicted molar refractivity (Wildman–Crippen MR) is 87.7 cm³/mol. The lowest BCUT2D eigenvalue weighted by molar-refractivity contribution is 0.0926. The highest BCUT2D eigenvalue weighted by Gasteiger charge is 2.38. The third-order valence-corrected chi connectivity index (χ3v) is 4.17. The number of hydrogen-bond donors (Lipinski definition) is 0. The number of carbonyl (C=O) groups is 2. The molecule has 2 aromatic rings. The van der Waals surface area contributed by atoms with Crippen LogP contribution >= 0.6 is 11.6 Å². The van der Waals surface area contributed by atoms with Crippen LogP contribution in [0.5, 0.6) is 0 Å². The summed E-state index contributed by atoms with van der Waals surface area (Å²) in [5.74, 6) is -0.694. The quantitative estimate of drug-likeness (QED) is 0.730. The fourth-order valence-corrected chi connectivity index (χ4v) is 2.84. The first-order chi connectivity index (χ1) is 10.3. The summed E-state index contributed by atoms with van der Waals surface area (Å²) in [6.07, 6.45) is 0. The Kier molecular flexibility index (Phi) is 3.33. The Hall–Kier alpha value is -2.13. The molecule has 112 valence electrons. The average Bonchev–Trinajstić information content (AvgIpc) is 2.71. The molecule has 1 aliphatic heterocycles. The van der Waals surface area contributed by atoms with Crippen molar-refractivity contribution in [2.75, 3.05) is 4.90 Å². The van der Waals surface area contributed by atoms with Crippen LogP contribution in [0.2, 0.25) is 5.02 Å². The summed E-state index contributed by atoms with van der Waals surface area (Å²) in [5.41, 5.74) is 2.37. The molecule has 0 radical (unpaired) electrons. The van der Waals surface area contributed by atoms with E-state index in [0.717, 1.165) is 5.56 Å². The van der Waals surface area contributed by atoms with Crippen molar-refractivity contribution in [3.63, 3.8) is 0 Å². The molecule has 3 rings (SSSR count). The number of amides is 2. The molecule has 0 atom stereocenters. The Bertz CT molecular complexity index is 773. The minimum atomic E-state index is -0.367. The molecule has 0 fully saturated rings. The first-order valence-electron chi connectivity index (χ1n) is 7.08. The molecule has 0 spiro atoms. The molecule has 0 bridgehead atoms. The molecule has 1 heterocycles. The predicted octanol–water partition coefficient (Wildman–Crippen LogP) is 4.44. The molecular weight excluding hydrogens is 298 g/mol. The third-order valence-electron chi connectivity index (χ3n) is 3.86. The number of rotatable bonds is 1. The smallest absolute Gasteiger partial charge is 0.267 e. The summed E-state index contributed by atoms with van der Waals surface area (Å²) in [7, 11) is 0. The van der Waals surface area contributed by atoms with Crippen LogP contribution in [0.1, 0.15) is 47.1 Å². The number of imide groups is 1. The van der Waals surface area contributed by atoms with Gasteiger partial charge < -0.3 is 0 Å². The monoisotopic (exact) mass is 313 g/mol. The first kappa shape index (κ1) is 14.8. The summed E-state index contributed by atoms with van der Waals surface area (Å²) in [6.45, 7) is 6.34. The summed E-state index contributed by atoms with van der Waals surface area (Å²) in [6, 6.07) is 12.4. The Morgan fingerprint density at radius 2 is 1.55 bits per heavy atom. The molecule has 0 saturated carbocycles. The van der Waals surface area contributed by atoms with Gasteiger partial charge in [-0.1, -0.05) is 50.6 Å². The molecule has 3 nitrogen and oxygen atoms in total. The van der Waals surface area contributed by atoms with E-state index in [4.69, 9.17) is 11.6 Å². The molecule has 0 saturated heterocycles. The van der Waals surface area contributed by atoms with E-state index in [1.807, 2.05) is 12.1 Å². The molecule has 0 N–H and O–H groups in total. The standard InChI is InChI=1S/C18H16ClNO2/c1-18(2,3)11-7-9-12(10-8-11)20-16(21)13-5-4-6-14(19)15(13)17(20)22/h4-10H,1-3H3.